The minimum Gasteiger partial charge on any atom is -0.309 e. The Morgan fingerprint density at radius 2 is 0.784 bits per heavy atom. The van der Waals surface area contributed by atoms with Gasteiger partial charge in [-0.3, -0.25) is 4.57 Å². The zero-order chi connectivity index (χ0) is 33.5. The quantitative estimate of drug-likeness (QED) is 0.186. The fourth-order valence-electron chi connectivity index (χ4n) is 8.30. The van der Waals surface area contributed by atoms with E-state index in [1.807, 2.05) is 0 Å². The van der Waals surface area contributed by atoms with Crippen LogP contribution in [0.15, 0.2) is 182 Å². The van der Waals surface area contributed by atoms with Crippen molar-refractivity contribution in [2.75, 3.05) is 0 Å². The van der Waals surface area contributed by atoms with Gasteiger partial charge in [0.05, 0.1) is 38.8 Å². The predicted octanol–water partition coefficient (Wildman–Crippen LogP) is 12.0. The second-order valence-corrected chi connectivity index (χ2v) is 13.2. The second kappa shape index (κ2) is 10.8. The fourth-order valence-corrected chi connectivity index (χ4v) is 8.30. The third-order valence-electron chi connectivity index (χ3n) is 10.4. The van der Waals surface area contributed by atoms with Crippen LogP contribution in [-0.4, -0.2) is 18.7 Å². The van der Waals surface area contributed by atoms with Crippen LogP contribution in [0.2, 0.25) is 0 Å². The molecule has 0 bridgehead atoms. The highest BCUT2D eigenvalue weighted by Crippen LogP contribution is 2.41. The van der Waals surface area contributed by atoms with Crippen molar-refractivity contribution in [1.29, 1.82) is 0 Å². The molecular formula is C47H30N4. The first-order valence-corrected chi connectivity index (χ1v) is 17.4. The zero-order valence-corrected chi connectivity index (χ0v) is 27.6. The van der Waals surface area contributed by atoms with E-state index < -0.39 is 0 Å². The maximum absolute atomic E-state index is 5.44. The molecule has 4 aromatic heterocycles. The first kappa shape index (κ1) is 28.0. The average Bonchev–Trinajstić information content (AvgIpc) is 3.84. The Morgan fingerprint density at radius 3 is 1.41 bits per heavy atom. The maximum atomic E-state index is 5.44. The number of hydrogen-bond donors (Lipinski definition) is 0. The summed E-state index contributed by atoms with van der Waals surface area (Å²) in [6.07, 6.45) is 0. The molecule has 0 spiro atoms. The van der Waals surface area contributed by atoms with Crippen molar-refractivity contribution < 1.29 is 0 Å². The fraction of sp³-hybridized carbons (Fsp3) is 0. The molecule has 51 heavy (non-hydrogen) atoms. The van der Waals surface area contributed by atoms with E-state index >= 15 is 0 Å². The van der Waals surface area contributed by atoms with Gasteiger partial charge >= 0.3 is 0 Å². The lowest BCUT2D eigenvalue weighted by Gasteiger charge is -2.13. The molecule has 11 rings (SSSR count). The van der Waals surface area contributed by atoms with E-state index in [-0.39, 0.29) is 0 Å². The summed E-state index contributed by atoms with van der Waals surface area (Å²) in [5.41, 5.74) is 11.3. The van der Waals surface area contributed by atoms with Crippen LogP contribution >= 0.6 is 0 Å². The Hall–Kier alpha value is -6.91. The Kier molecular flexibility index (Phi) is 5.92. The number of nitrogens with zero attached hydrogens (tertiary/aromatic N) is 4. The summed E-state index contributed by atoms with van der Waals surface area (Å²) in [7, 11) is 0. The van der Waals surface area contributed by atoms with E-state index in [4.69, 9.17) is 4.98 Å². The van der Waals surface area contributed by atoms with Crippen LogP contribution < -0.4 is 0 Å². The molecule has 0 aliphatic carbocycles. The van der Waals surface area contributed by atoms with E-state index in [9.17, 15) is 0 Å². The summed E-state index contributed by atoms with van der Waals surface area (Å²) in [6, 6.07) is 65.2. The van der Waals surface area contributed by atoms with Crippen LogP contribution in [0.25, 0.3) is 93.9 Å². The van der Waals surface area contributed by atoms with E-state index in [0.717, 1.165) is 39.5 Å². The number of benzene rings is 7. The smallest absolute Gasteiger partial charge is 0.138 e. The molecule has 238 valence electrons. The summed E-state index contributed by atoms with van der Waals surface area (Å²) < 4.78 is 7.15. The standard InChI is InChI=1S/C47H30N4/c1-2-15-32(16-3-1)50-43-25-10-6-20-36(43)38-28-29-39-37-21-7-11-26-44(37)51(47(39)46(38)50)45-27-13-22-40(48-45)31-14-12-17-33(30-31)49-41-23-8-4-18-34(41)35-19-5-9-24-42(35)49/h1-30H. The van der Waals surface area contributed by atoms with Gasteiger partial charge in [-0.05, 0) is 60.7 Å². The topological polar surface area (TPSA) is 27.7 Å². The van der Waals surface area contributed by atoms with Crippen molar-refractivity contribution in [1.82, 2.24) is 18.7 Å². The molecule has 4 heterocycles. The third-order valence-corrected chi connectivity index (χ3v) is 10.4. The molecule has 0 atom stereocenters. The molecule has 0 aliphatic heterocycles. The highest BCUT2D eigenvalue weighted by molar-refractivity contribution is 6.23. The van der Waals surface area contributed by atoms with Crippen molar-refractivity contribution in [2.24, 2.45) is 0 Å². The minimum atomic E-state index is 0.887. The van der Waals surface area contributed by atoms with Crippen LogP contribution in [0, 0.1) is 0 Å². The first-order chi connectivity index (χ1) is 25.3. The molecule has 0 saturated heterocycles. The second-order valence-electron chi connectivity index (χ2n) is 13.2. The van der Waals surface area contributed by atoms with Gasteiger partial charge < -0.3 is 9.13 Å². The molecule has 0 radical (unpaired) electrons. The summed E-state index contributed by atoms with van der Waals surface area (Å²) in [4.78, 5) is 5.44. The molecule has 7 aromatic carbocycles. The molecule has 0 N–H and O–H groups in total. The third kappa shape index (κ3) is 4.05. The lowest BCUT2D eigenvalue weighted by atomic mass is 10.1. The number of para-hydroxylation sites is 5. The van der Waals surface area contributed by atoms with Crippen LogP contribution in [0.4, 0.5) is 0 Å². The van der Waals surface area contributed by atoms with Crippen LogP contribution in [-0.2, 0) is 0 Å². The van der Waals surface area contributed by atoms with Crippen LogP contribution in [0.1, 0.15) is 0 Å². The molecule has 4 heteroatoms. The van der Waals surface area contributed by atoms with Crippen molar-refractivity contribution in [3.05, 3.63) is 182 Å². The van der Waals surface area contributed by atoms with Gasteiger partial charge in [0.2, 0.25) is 0 Å². The summed E-state index contributed by atoms with van der Waals surface area (Å²) in [5.74, 6) is 0.887. The number of hydrogen-bond acceptors (Lipinski definition) is 1. The monoisotopic (exact) mass is 650 g/mol. The predicted molar refractivity (Wildman–Crippen MR) is 213 cm³/mol. The van der Waals surface area contributed by atoms with Gasteiger partial charge in [0.1, 0.15) is 5.82 Å². The summed E-state index contributed by atoms with van der Waals surface area (Å²) >= 11 is 0. The largest absolute Gasteiger partial charge is 0.309 e. The first-order valence-electron chi connectivity index (χ1n) is 17.4. The van der Waals surface area contributed by atoms with Crippen molar-refractivity contribution in [3.8, 4) is 28.5 Å². The number of fused-ring (bicyclic) bond motifs is 10. The Morgan fingerprint density at radius 1 is 0.314 bits per heavy atom. The van der Waals surface area contributed by atoms with Crippen molar-refractivity contribution in [3.63, 3.8) is 0 Å². The lowest BCUT2D eigenvalue weighted by Crippen LogP contribution is -2.01. The molecule has 4 nitrogen and oxygen atoms in total. The highest BCUT2D eigenvalue weighted by Gasteiger charge is 2.22. The van der Waals surface area contributed by atoms with E-state index in [2.05, 4.69) is 196 Å². The van der Waals surface area contributed by atoms with Gasteiger partial charge in [0, 0.05) is 49.3 Å². The summed E-state index contributed by atoms with van der Waals surface area (Å²) in [6.45, 7) is 0. The molecule has 11 aromatic rings. The van der Waals surface area contributed by atoms with Crippen molar-refractivity contribution in [2.45, 2.75) is 0 Å². The normalized spacial score (nSPS) is 11.9. The molecule has 0 aliphatic rings. The minimum absolute atomic E-state index is 0.887. The highest BCUT2D eigenvalue weighted by atomic mass is 15.1. The molecular weight excluding hydrogens is 621 g/mol. The molecule has 0 saturated carbocycles. The summed E-state index contributed by atoms with van der Waals surface area (Å²) in [5, 5.41) is 7.38. The number of aromatic nitrogens is 4. The molecule has 0 amide bonds. The van der Waals surface area contributed by atoms with Gasteiger partial charge in [0.15, 0.2) is 0 Å². The van der Waals surface area contributed by atoms with Crippen LogP contribution in [0.3, 0.4) is 0 Å². The Labute approximate surface area is 293 Å². The van der Waals surface area contributed by atoms with E-state index in [0.29, 0.717) is 0 Å². The number of rotatable bonds is 4. The van der Waals surface area contributed by atoms with E-state index in [1.165, 1.54) is 54.4 Å². The SMILES string of the molecule is c1ccc(-n2c3ccccc3c3ccc4c5ccccc5n(-c5cccc(-c6cccc(-n7c8ccccc8c8ccccc87)c6)n5)c4c32)cc1. The van der Waals surface area contributed by atoms with Crippen LogP contribution in [0.5, 0.6) is 0 Å². The van der Waals surface area contributed by atoms with Gasteiger partial charge in [-0.15, -0.1) is 0 Å². The lowest BCUT2D eigenvalue weighted by molar-refractivity contribution is 1.08. The zero-order valence-electron chi connectivity index (χ0n) is 27.6. The van der Waals surface area contributed by atoms with Gasteiger partial charge in [-0.1, -0.05) is 121 Å². The average molecular weight is 651 g/mol. The Bertz CT molecular complexity index is 3090. The molecule has 0 unspecified atom stereocenters. The van der Waals surface area contributed by atoms with E-state index in [1.54, 1.807) is 0 Å². The Balaban J connectivity index is 1.17. The van der Waals surface area contributed by atoms with Gasteiger partial charge in [0.25, 0.3) is 0 Å². The van der Waals surface area contributed by atoms with Gasteiger partial charge in [-0.2, -0.15) is 0 Å². The maximum Gasteiger partial charge on any atom is 0.138 e. The number of pyridine rings is 1. The molecule has 0 fully saturated rings. The van der Waals surface area contributed by atoms with Crippen molar-refractivity contribution >= 4 is 65.4 Å². The van der Waals surface area contributed by atoms with Gasteiger partial charge in [-0.25, -0.2) is 4.98 Å².